The van der Waals surface area contributed by atoms with E-state index in [2.05, 4.69) is 20.6 Å². The Kier molecular flexibility index (Phi) is 9.98. The Morgan fingerprint density at radius 1 is 1.08 bits per heavy atom. The lowest BCUT2D eigenvalue weighted by Gasteiger charge is -2.11. The highest BCUT2D eigenvalue weighted by Gasteiger charge is 1.99. The molecule has 0 spiro atoms. The van der Waals surface area contributed by atoms with Gasteiger partial charge in [-0.2, -0.15) is 0 Å². The second-order valence-electron chi connectivity index (χ2n) is 5.13. The van der Waals surface area contributed by atoms with Crippen molar-refractivity contribution in [3.05, 3.63) is 65.7 Å². The van der Waals surface area contributed by atoms with Gasteiger partial charge in [0.2, 0.25) is 0 Å². The highest BCUT2D eigenvalue weighted by molar-refractivity contribution is 14.0. The normalized spacial score (nSPS) is 10.8. The Hall–Kier alpha value is -1.70. The maximum absolute atomic E-state index is 12.9. The van der Waals surface area contributed by atoms with Gasteiger partial charge >= 0.3 is 0 Å². The van der Waals surface area contributed by atoms with Crippen LogP contribution in [0, 0.1) is 5.82 Å². The van der Waals surface area contributed by atoms with Gasteiger partial charge in [-0.1, -0.05) is 18.2 Å². The molecule has 0 fully saturated rings. The Balaban J connectivity index is 0.00000288. The molecule has 1 aromatic heterocycles. The van der Waals surface area contributed by atoms with E-state index in [1.165, 1.54) is 12.1 Å². The molecule has 0 bridgehead atoms. The molecule has 1 heterocycles. The van der Waals surface area contributed by atoms with Crippen LogP contribution in [0.1, 0.15) is 18.2 Å². The van der Waals surface area contributed by atoms with Gasteiger partial charge in [0.1, 0.15) is 5.82 Å². The summed E-state index contributed by atoms with van der Waals surface area (Å²) in [6.07, 6.45) is 3.44. The van der Waals surface area contributed by atoms with Crippen molar-refractivity contribution < 1.29 is 4.39 Å². The fourth-order valence-corrected chi connectivity index (χ4v) is 2.15. The van der Waals surface area contributed by atoms with Gasteiger partial charge in [-0.15, -0.1) is 24.0 Å². The summed E-state index contributed by atoms with van der Waals surface area (Å²) in [7, 11) is 0. The third kappa shape index (κ3) is 7.72. The van der Waals surface area contributed by atoms with Crippen molar-refractivity contribution in [3.63, 3.8) is 0 Å². The molecule has 0 saturated heterocycles. The molecule has 0 atom stereocenters. The second kappa shape index (κ2) is 11.8. The Bertz CT molecular complexity index is 602. The Labute approximate surface area is 160 Å². The third-order valence-corrected chi connectivity index (χ3v) is 3.33. The van der Waals surface area contributed by atoms with Gasteiger partial charge in [-0.05, 0) is 43.2 Å². The predicted octanol–water partition coefficient (Wildman–Crippen LogP) is 3.18. The van der Waals surface area contributed by atoms with E-state index < -0.39 is 0 Å². The number of halogens is 2. The van der Waals surface area contributed by atoms with Gasteiger partial charge < -0.3 is 10.6 Å². The van der Waals surface area contributed by atoms with E-state index in [4.69, 9.17) is 0 Å². The SMILES string of the molecule is CCNC(=NCCc1ccccn1)NCCc1ccc(F)cc1.I. The summed E-state index contributed by atoms with van der Waals surface area (Å²) in [4.78, 5) is 8.84. The molecule has 24 heavy (non-hydrogen) atoms. The number of rotatable bonds is 7. The number of aromatic nitrogens is 1. The molecule has 0 aliphatic heterocycles. The monoisotopic (exact) mass is 442 g/mol. The van der Waals surface area contributed by atoms with Crippen molar-refractivity contribution in [2.24, 2.45) is 4.99 Å². The summed E-state index contributed by atoms with van der Waals surface area (Å²) < 4.78 is 12.9. The molecular formula is C18H24FIN4. The smallest absolute Gasteiger partial charge is 0.191 e. The van der Waals surface area contributed by atoms with Crippen molar-refractivity contribution in [1.82, 2.24) is 15.6 Å². The fourth-order valence-electron chi connectivity index (χ4n) is 2.15. The predicted molar refractivity (Wildman–Crippen MR) is 107 cm³/mol. The summed E-state index contributed by atoms with van der Waals surface area (Å²) in [5, 5.41) is 6.52. The van der Waals surface area contributed by atoms with Gasteiger partial charge in [-0.25, -0.2) is 4.39 Å². The van der Waals surface area contributed by atoms with E-state index in [9.17, 15) is 4.39 Å². The van der Waals surface area contributed by atoms with Gasteiger partial charge in [0.15, 0.2) is 5.96 Å². The van der Waals surface area contributed by atoms with Gasteiger partial charge in [-0.3, -0.25) is 9.98 Å². The Morgan fingerprint density at radius 3 is 2.54 bits per heavy atom. The third-order valence-electron chi connectivity index (χ3n) is 3.33. The number of nitrogens with zero attached hydrogens (tertiary/aromatic N) is 2. The molecule has 2 aromatic rings. The molecule has 0 aliphatic rings. The zero-order valence-electron chi connectivity index (χ0n) is 13.8. The number of pyridine rings is 1. The average Bonchev–Trinajstić information content (AvgIpc) is 2.58. The first-order valence-corrected chi connectivity index (χ1v) is 7.94. The number of hydrogen-bond acceptors (Lipinski definition) is 2. The number of benzene rings is 1. The van der Waals surface area contributed by atoms with E-state index in [-0.39, 0.29) is 29.8 Å². The molecule has 2 rings (SSSR count). The number of aliphatic imine (C=N–C) groups is 1. The standard InChI is InChI=1S/C18H23FN4.HI/c1-2-20-18(23-14-11-17-5-3-4-12-21-17)22-13-10-15-6-8-16(19)9-7-15;/h3-9,12H,2,10-11,13-14H2,1H3,(H2,20,22,23);1H. The van der Waals surface area contributed by atoms with E-state index in [0.29, 0.717) is 6.54 Å². The van der Waals surface area contributed by atoms with E-state index in [1.54, 1.807) is 6.20 Å². The van der Waals surface area contributed by atoms with Crippen LogP contribution in [0.4, 0.5) is 4.39 Å². The van der Waals surface area contributed by atoms with Crippen LogP contribution in [-0.2, 0) is 12.8 Å². The lowest BCUT2D eigenvalue weighted by Crippen LogP contribution is -2.38. The number of hydrogen-bond donors (Lipinski definition) is 2. The van der Waals surface area contributed by atoms with Crippen molar-refractivity contribution in [1.29, 1.82) is 0 Å². The second-order valence-corrected chi connectivity index (χ2v) is 5.13. The molecule has 0 unspecified atom stereocenters. The molecule has 0 radical (unpaired) electrons. The van der Waals surface area contributed by atoms with Gasteiger partial charge in [0, 0.05) is 37.9 Å². The topological polar surface area (TPSA) is 49.3 Å². The zero-order valence-corrected chi connectivity index (χ0v) is 16.2. The van der Waals surface area contributed by atoms with Crippen LogP contribution in [0.3, 0.4) is 0 Å². The molecule has 6 heteroatoms. The number of nitrogens with one attached hydrogen (secondary N) is 2. The minimum absolute atomic E-state index is 0. The molecule has 130 valence electrons. The highest BCUT2D eigenvalue weighted by atomic mass is 127. The average molecular weight is 442 g/mol. The van der Waals surface area contributed by atoms with E-state index >= 15 is 0 Å². The maximum atomic E-state index is 12.9. The van der Waals surface area contributed by atoms with E-state index in [1.807, 2.05) is 37.3 Å². The van der Waals surface area contributed by atoms with Crippen LogP contribution in [0.5, 0.6) is 0 Å². The minimum atomic E-state index is -0.203. The lowest BCUT2D eigenvalue weighted by molar-refractivity contribution is 0.626. The first-order valence-electron chi connectivity index (χ1n) is 7.94. The largest absolute Gasteiger partial charge is 0.357 e. The van der Waals surface area contributed by atoms with Crippen molar-refractivity contribution >= 4 is 29.9 Å². The highest BCUT2D eigenvalue weighted by Crippen LogP contribution is 2.02. The van der Waals surface area contributed by atoms with Crippen LogP contribution < -0.4 is 10.6 Å². The number of guanidine groups is 1. The quantitative estimate of drug-likeness (QED) is 0.394. The van der Waals surface area contributed by atoms with Crippen molar-refractivity contribution in [2.75, 3.05) is 19.6 Å². The summed E-state index contributed by atoms with van der Waals surface area (Å²) in [5.41, 5.74) is 2.14. The van der Waals surface area contributed by atoms with Crippen molar-refractivity contribution in [2.45, 2.75) is 19.8 Å². The summed E-state index contributed by atoms with van der Waals surface area (Å²) in [6, 6.07) is 12.5. The first-order chi connectivity index (χ1) is 11.3. The van der Waals surface area contributed by atoms with Gasteiger partial charge in [0.05, 0.1) is 0 Å². The minimum Gasteiger partial charge on any atom is -0.357 e. The first kappa shape index (κ1) is 20.3. The molecule has 0 amide bonds. The molecule has 0 aliphatic carbocycles. The van der Waals surface area contributed by atoms with E-state index in [0.717, 1.165) is 43.1 Å². The molecule has 4 nitrogen and oxygen atoms in total. The maximum Gasteiger partial charge on any atom is 0.191 e. The lowest BCUT2D eigenvalue weighted by atomic mass is 10.1. The van der Waals surface area contributed by atoms with Crippen LogP contribution in [0.2, 0.25) is 0 Å². The van der Waals surface area contributed by atoms with Crippen LogP contribution in [0.25, 0.3) is 0 Å². The molecule has 2 N–H and O–H groups in total. The summed E-state index contributed by atoms with van der Waals surface area (Å²) >= 11 is 0. The summed E-state index contributed by atoms with van der Waals surface area (Å²) in [6.45, 7) is 4.28. The summed E-state index contributed by atoms with van der Waals surface area (Å²) in [5.74, 6) is 0.594. The molecule has 1 aromatic carbocycles. The Morgan fingerprint density at radius 2 is 1.88 bits per heavy atom. The fraction of sp³-hybridized carbons (Fsp3) is 0.333. The zero-order chi connectivity index (χ0) is 16.3. The van der Waals surface area contributed by atoms with Crippen LogP contribution in [-0.4, -0.2) is 30.6 Å². The van der Waals surface area contributed by atoms with Crippen LogP contribution in [0.15, 0.2) is 53.7 Å². The molecule has 0 saturated carbocycles. The van der Waals surface area contributed by atoms with Crippen LogP contribution >= 0.6 is 24.0 Å². The van der Waals surface area contributed by atoms with Crippen molar-refractivity contribution in [3.8, 4) is 0 Å². The molecular weight excluding hydrogens is 418 g/mol. The van der Waals surface area contributed by atoms with Gasteiger partial charge in [0.25, 0.3) is 0 Å².